The van der Waals surface area contributed by atoms with Gasteiger partial charge in [0.1, 0.15) is 10.8 Å². The highest BCUT2D eigenvalue weighted by atomic mass is 32.1. The van der Waals surface area contributed by atoms with Gasteiger partial charge < -0.3 is 9.80 Å². The van der Waals surface area contributed by atoms with Crippen LogP contribution < -0.4 is 4.90 Å². The first-order chi connectivity index (χ1) is 13.6. The smallest absolute Gasteiger partial charge is 0.253 e. The molecule has 0 unspecified atom stereocenters. The molecule has 0 atom stereocenters. The third kappa shape index (κ3) is 3.92. The molecule has 3 heterocycles. The number of aromatic nitrogens is 2. The van der Waals surface area contributed by atoms with Gasteiger partial charge in [-0.3, -0.25) is 4.79 Å². The molecule has 0 saturated carbocycles. The minimum absolute atomic E-state index is 0.110. The van der Waals surface area contributed by atoms with Gasteiger partial charge in [-0.2, -0.15) is 0 Å². The van der Waals surface area contributed by atoms with Crippen LogP contribution in [-0.4, -0.2) is 47.0 Å². The number of aryl methyl sites for hydroxylation is 2. The lowest BCUT2D eigenvalue weighted by Gasteiger charge is -2.35. The van der Waals surface area contributed by atoms with E-state index >= 15 is 0 Å². The number of rotatable bonds is 4. The minimum Gasteiger partial charge on any atom is -0.353 e. The zero-order chi connectivity index (χ0) is 19.5. The Kier molecular flexibility index (Phi) is 5.39. The molecule has 0 radical (unpaired) electrons. The summed E-state index contributed by atoms with van der Waals surface area (Å²) >= 11 is 1.66. The molecule has 0 aliphatic carbocycles. The van der Waals surface area contributed by atoms with Crippen molar-refractivity contribution in [3.8, 4) is 10.6 Å². The lowest BCUT2D eigenvalue weighted by molar-refractivity contribution is 0.0746. The summed E-state index contributed by atoms with van der Waals surface area (Å²) in [5.41, 5.74) is 4.11. The molecule has 28 heavy (non-hydrogen) atoms. The van der Waals surface area contributed by atoms with Crippen LogP contribution >= 0.6 is 11.3 Å². The highest BCUT2D eigenvalue weighted by molar-refractivity contribution is 7.13. The molecule has 5 nitrogen and oxygen atoms in total. The molecule has 1 fully saturated rings. The summed E-state index contributed by atoms with van der Waals surface area (Å²) in [7, 11) is 0. The summed E-state index contributed by atoms with van der Waals surface area (Å²) in [4.78, 5) is 26.1. The van der Waals surface area contributed by atoms with Gasteiger partial charge in [-0.15, -0.1) is 11.3 Å². The number of thiazole rings is 1. The number of carbonyl (C=O) groups excluding carboxylic acids is 1. The fourth-order valence-electron chi connectivity index (χ4n) is 3.32. The van der Waals surface area contributed by atoms with Crippen molar-refractivity contribution >= 4 is 23.1 Å². The average molecular weight is 393 g/mol. The lowest BCUT2D eigenvalue weighted by Crippen LogP contribution is -2.49. The second-order valence-electron chi connectivity index (χ2n) is 7.05. The Labute approximate surface area is 169 Å². The predicted molar refractivity (Wildman–Crippen MR) is 114 cm³/mol. The number of anilines is 1. The lowest BCUT2D eigenvalue weighted by atomic mass is 10.1. The molecular weight excluding hydrogens is 368 g/mol. The largest absolute Gasteiger partial charge is 0.353 e. The van der Waals surface area contributed by atoms with E-state index in [1.54, 1.807) is 11.3 Å². The summed E-state index contributed by atoms with van der Waals surface area (Å²) in [6, 6.07) is 11.9. The number of pyridine rings is 1. The van der Waals surface area contributed by atoms with Gasteiger partial charge in [-0.05, 0) is 37.6 Å². The maximum Gasteiger partial charge on any atom is 0.253 e. The number of hydrogen-bond acceptors (Lipinski definition) is 5. The molecule has 1 aliphatic rings. The minimum atomic E-state index is 0.110. The third-order valence-electron chi connectivity index (χ3n) is 5.10. The van der Waals surface area contributed by atoms with Crippen molar-refractivity contribution in [1.29, 1.82) is 0 Å². The van der Waals surface area contributed by atoms with Gasteiger partial charge in [0.15, 0.2) is 0 Å². The molecule has 1 amide bonds. The summed E-state index contributed by atoms with van der Waals surface area (Å²) in [6.45, 7) is 7.15. The molecule has 3 aromatic rings. The van der Waals surface area contributed by atoms with E-state index in [-0.39, 0.29) is 5.91 Å². The van der Waals surface area contributed by atoms with E-state index in [0.29, 0.717) is 13.1 Å². The molecule has 1 aromatic carbocycles. The van der Waals surface area contributed by atoms with Crippen molar-refractivity contribution in [3.05, 3.63) is 64.8 Å². The summed E-state index contributed by atoms with van der Waals surface area (Å²) in [5.74, 6) is 1.07. The van der Waals surface area contributed by atoms with Crippen molar-refractivity contribution in [1.82, 2.24) is 14.9 Å². The van der Waals surface area contributed by atoms with Crippen molar-refractivity contribution < 1.29 is 4.79 Å². The van der Waals surface area contributed by atoms with E-state index in [0.717, 1.165) is 47.2 Å². The monoisotopic (exact) mass is 392 g/mol. The normalized spacial score (nSPS) is 14.4. The number of benzene rings is 1. The van der Waals surface area contributed by atoms with Crippen LogP contribution in [0.3, 0.4) is 0 Å². The van der Waals surface area contributed by atoms with Gasteiger partial charge in [0.25, 0.3) is 5.91 Å². The molecule has 2 aromatic heterocycles. The van der Waals surface area contributed by atoms with Gasteiger partial charge in [0, 0.05) is 48.9 Å². The Hall–Kier alpha value is -2.73. The standard InChI is InChI=1S/C22H24N4OS/c1-3-19-15-28-21(24-19)18-8-9-20(23-14-18)25-10-12-26(13-11-25)22(27)17-6-4-16(2)5-7-17/h4-9,14-15H,3,10-13H2,1-2H3. The maximum atomic E-state index is 12.7. The molecule has 0 N–H and O–H groups in total. The Morgan fingerprint density at radius 1 is 1.07 bits per heavy atom. The van der Waals surface area contributed by atoms with Crippen molar-refractivity contribution in [2.24, 2.45) is 0 Å². The van der Waals surface area contributed by atoms with Crippen LogP contribution in [0.4, 0.5) is 5.82 Å². The number of nitrogens with zero attached hydrogens (tertiary/aromatic N) is 4. The van der Waals surface area contributed by atoms with Gasteiger partial charge in [-0.25, -0.2) is 9.97 Å². The first-order valence-corrected chi connectivity index (χ1v) is 10.5. The topological polar surface area (TPSA) is 49.3 Å². The second-order valence-corrected chi connectivity index (χ2v) is 7.91. The molecule has 144 valence electrons. The quantitative estimate of drug-likeness (QED) is 0.672. The average Bonchev–Trinajstić information content (AvgIpc) is 3.23. The van der Waals surface area contributed by atoms with E-state index in [9.17, 15) is 4.79 Å². The number of amides is 1. The predicted octanol–water partition coefficient (Wildman–Crippen LogP) is 4.04. The number of hydrogen-bond donors (Lipinski definition) is 0. The van der Waals surface area contributed by atoms with Crippen molar-refractivity contribution in [2.45, 2.75) is 20.3 Å². The van der Waals surface area contributed by atoms with Crippen LogP contribution in [0.5, 0.6) is 0 Å². The highest BCUT2D eigenvalue weighted by Gasteiger charge is 2.22. The molecule has 1 aliphatic heterocycles. The van der Waals surface area contributed by atoms with Crippen molar-refractivity contribution in [3.63, 3.8) is 0 Å². The van der Waals surface area contributed by atoms with Crippen LogP contribution in [0.1, 0.15) is 28.5 Å². The maximum absolute atomic E-state index is 12.7. The molecule has 4 rings (SSSR count). The van der Waals surface area contributed by atoms with Crippen LogP contribution in [0.25, 0.3) is 10.6 Å². The molecule has 0 bridgehead atoms. The SMILES string of the molecule is CCc1csc(-c2ccc(N3CCN(C(=O)c4ccc(C)cc4)CC3)nc2)n1. The van der Waals surface area contributed by atoms with E-state index in [4.69, 9.17) is 0 Å². The van der Waals surface area contributed by atoms with E-state index < -0.39 is 0 Å². The Morgan fingerprint density at radius 3 is 2.43 bits per heavy atom. The Balaban J connectivity index is 1.38. The number of carbonyl (C=O) groups is 1. The molecule has 1 saturated heterocycles. The molecular formula is C22H24N4OS. The van der Waals surface area contributed by atoms with Gasteiger partial charge >= 0.3 is 0 Å². The van der Waals surface area contributed by atoms with E-state index in [2.05, 4.69) is 39.3 Å². The zero-order valence-electron chi connectivity index (χ0n) is 16.3. The first kappa shape index (κ1) is 18.6. The molecule has 0 spiro atoms. The van der Waals surface area contributed by atoms with Gasteiger partial charge in [0.05, 0.1) is 5.69 Å². The van der Waals surface area contributed by atoms with Crippen molar-refractivity contribution in [2.75, 3.05) is 31.1 Å². The van der Waals surface area contributed by atoms with E-state index in [1.165, 1.54) is 5.56 Å². The van der Waals surface area contributed by atoms with Crippen LogP contribution in [0.2, 0.25) is 0 Å². The van der Waals surface area contributed by atoms with Crippen LogP contribution in [-0.2, 0) is 6.42 Å². The van der Waals surface area contributed by atoms with Crippen LogP contribution in [0, 0.1) is 6.92 Å². The third-order valence-corrected chi connectivity index (χ3v) is 6.04. The Bertz CT molecular complexity index is 941. The zero-order valence-corrected chi connectivity index (χ0v) is 17.1. The van der Waals surface area contributed by atoms with E-state index in [1.807, 2.05) is 42.3 Å². The summed E-state index contributed by atoms with van der Waals surface area (Å²) < 4.78 is 0. The number of piperazine rings is 1. The Morgan fingerprint density at radius 2 is 1.82 bits per heavy atom. The first-order valence-electron chi connectivity index (χ1n) is 9.66. The summed E-state index contributed by atoms with van der Waals surface area (Å²) in [6.07, 6.45) is 2.85. The summed E-state index contributed by atoms with van der Waals surface area (Å²) in [5, 5.41) is 3.12. The second kappa shape index (κ2) is 8.10. The highest BCUT2D eigenvalue weighted by Crippen LogP contribution is 2.25. The fraction of sp³-hybridized carbons (Fsp3) is 0.318. The fourth-order valence-corrected chi connectivity index (χ4v) is 4.21. The van der Waals surface area contributed by atoms with Gasteiger partial charge in [0.2, 0.25) is 0 Å². The van der Waals surface area contributed by atoms with Gasteiger partial charge in [-0.1, -0.05) is 24.6 Å². The van der Waals surface area contributed by atoms with Crippen LogP contribution in [0.15, 0.2) is 48.0 Å². The molecule has 6 heteroatoms.